The molecule has 1 saturated heterocycles. The highest BCUT2D eigenvalue weighted by molar-refractivity contribution is 5.78. The number of hydrogen-bond acceptors (Lipinski definition) is 3. The first kappa shape index (κ1) is 15.0. The summed E-state index contributed by atoms with van der Waals surface area (Å²) in [6.45, 7) is 7.15. The molecule has 3 aliphatic rings. The summed E-state index contributed by atoms with van der Waals surface area (Å²) in [5.74, 6) is 0.965. The smallest absolute Gasteiger partial charge is 0.312 e. The minimum Gasteiger partial charge on any atom is -0.472 e. The van der Waals surface area contributed by atoms with E-state index >= 15 is 0 Å². The second-order valence-corrected chi connectivity index (χ2v) is 8.05. The van der Waals surface area contributed by atoms with Crippen molar-refractivity contribution < 1.29 is 13.9 Å². The molecule has 4 atom stereocenters. The monoisotopic (exact) mass is 314 g/mol. The Kier molecular flexibility index (Phi) is 3.44. The summed E-state index contributed by atoms with van der Waals surface area (Å²) >= 11 is 0. The van der Waals surface area contributed by atoms with Crippen LogP contribution >= 0.6 is 0 Å². The van der Waals surface area contributed by atoms with E-state index in [9.17, 15) is 4.79 Å². The maximum atomic E-state index is 12.5. The van der Waals surface area contributed by atoms with E-state index in [4.69, 9.17) is 9.15 Å². The third-order valence-electron chi connectivity index (χ3n) is 6.98. The summed E-state index contributed by atoms with van der Waals surface area (Å²) in [5, 5.41) is 0. The molecule has 2 aliphatic carbocycles. The van der Waals surface area contributed by atoms with Crippen molar-refractivity contribution in [3.63, 3.8) is 0 Å². The summed E-state index contributed by atoms with van der Waals surface area (Å²) in [6, 6.07) is 2.05. The maximum Gasteiger partial charge on any atom is 0.312 e. The first-order valence-electron chi connectivity index (χ1n) is 8.92. The lowest BCUT2D eigenvalue weighted by Crippen LogP contribution is -2.61. The second-order valence-electron chi connectivity index (χ2n) is 8.05. The first-order valence-corrected chi connectivity index (χ1v) is 8.92. The van der Waals surface area contributed by atoms with Gasteiger partial charge < -0.3 is 9.15 Å². The molecule has 2 heterocycles. The summed E-state index contributed by atoms with van der Waals surface area (Å²) in [6.07, 6.45) is 11.1. The Bertz CT molecular complexity index is 617. The van der Waals surface area contributed by atoms with E-state index in [1.807, 2.05) is 12.3 Å². The average Bonchev–Trinajstić information content (AvgIpc) is 3.04. The van der Waals surface area contributed by atoms with Crippen LogP contribution in [0.1, 0.15) is 51.0 Å². The first-order chi connectivity index (χ1) is 11.1. The molecule has 4 rings (SSSR count). The molecule has 1 aromatic heterocycles. The number of hydrogen-bond donors (Lipinski definition) is 0. The van der Waals surface area contributed by atoms with Gasteiger partial charge in [0.2, 0.25) is 0 Å². The lowest BCUT2D eigenvalue weighted by molar-refractivity contribution is -0.207. The maximum absolute atomic E-state index is 12.5. The van der Waals surface area contributed by atoms with Gasteiger partial charge in [0, 0.05) is 5.41 Å². The molecule has 3 nitrogen and oxygen atoms in total. The van der Waals surface area contributed by atoms with E-state index in [0.717, 1.165) is 38.5 Å². The molecular formula is C20H26O3. The molecule has 0 N–H and O–H groups in total. The molecule has 0 aromatic carbocycles. The summed E-state index contributed by atoms with van der Waals surface area (Å²) in [4.78, 5) is 12.5. The van der Waals surface area contributed by atoms with Crippen LogP contribution in [-0.4, -0.2) is 12.6 Å². The fraction of sp³-hybridized carbons (Fsp3) is 0.650. The van der Waals surface area contributed by atoms with Crippen LogP contribution in [0.25, 0.3) is 0 Å². The van der Waals surface area contributed by atoms with Crippen molar-refractivity contribution in [2.24, 2.45) is 22.7 Å². The van der Waals surface area contributed by atoms with Gasteiger partial charge in [-0.2, -0.15) is 0 Å². The van der Waals surface area contributed by atoms with Gasteiger partial charge >= 0.3 is 5.97 Å². The molecule has 3 heteroatoms. The van der Waals surface area contributed by atoms with E-state index in [-0.39, 0.29) is 16.8 Å². The number of aryl methyl sites for hydroxylation is 1. The fourth-order valence-electron chi connectivity index (χ4n) is 5.82. The van der Waals surface area contributed by atoms with Crippen molar-refractivity contribution in [2.45, 2.75) is 51.9 Å². The molecule has 0 amide bonds. The van der Waals surface area contributed by atoms with Crippen molar-refractivity contribution in [2.75, 3.05) is 6.61 Å². The van der Waals surface area contributed by atoms with Crippen LogP contribution in [0.5, 0.6) is 0 Å². The molecule has 3 fully saturated rings. The molecule has 0 radical (unpaired) electrons. The number of allylic oxidation sites excluding steroid dienone is 1. The van der Waals surface area contributed by atoms with Crippen LogP contribution in [0.3, 0.4) is 0 Å². The Hall–Kier alpha value is -1.51. The Morgan fingerprint density at radius 2 is 2.26 bits per heavy atom. The van der Waals surface area contributed by atoms with Gasteiger partial charge in [-0.1, -0.05) is 18.6 Å². The van der Waals surface area contributed by atoms with E-state index in [1.165, 1.54) is 17.6 Å². The molecular weight excluding hydrogens is 288 g/mol. The number of carbonyl (C=O) groups excluding carboxylic acids is 1. The lowest BCUT2D eigenvalue weighted by Gasteiger charge is -2.61. The standard InChI is InChI=1S/C20H26O3/c1-14-4-7-17-19(2)9-3-10-20(17,13-23-18(19)21)16(14)6-5-15-8-11-22-12-15/h8,11-12,16-17H,1,3-7,9-10,13H2,2H3/t16-,17-,19-,20-/m0/s1. The van der Waals surface area contributed by atoms with E-state index < -0.39 is 0 Å². The van der Waals surface area contributed by atoms with Crippen LogP contribution < -0.4 is 0 Å². The minimum atomic E-state index is -0.273. The van der Waals surface area contributed by atoms with Crippen LogP contribution in [-0.2, 0) is 16.0 Å². The number of rotatable bonds is 3. The largest absolute Gasteiger partial charge is 0.472 e. The van der Waals surface area contributed by atoms with Crippen LogP contribution in [0.15, 0.2) is 35.2 Å². The normalized spacial score (nSPS) is 39.7. The van der Waals surface area contributed by atoms with Gasteiger partial charge in [0.1, 0.15) is 0 Å². The third kappa shape index (κ3) is 2.12. The van der Waals surface area contributed by atoms with Crippen LogP contribution in [0.4, 0.5) is 0 Å². The van der Waals surface area contributed by atoms with E-state index in [0.29, 0.717) is 18.4 Å². The highest BCUT2D eigenvalue weighted by Crippen LogP contribution is 2.64. The van der Waals surface area contributed by atoms with Gasteiger partial charge in [0.05, 0.1) is 24.5 Å². The highest BCUT2D eigenvalue weighted by Gasteiger charge is 2.63. The molecule has 23 heavy (non-hydrogen) atoms. The van der Waals surface area contributed by atoms with Gasteiger partial charge in [-0.3, -0.25) is 4.79 Å². The zero-order valence-electron chi connectivity index (χ0n) is 14.0. The number of ether oxygens (including phenoxy) is 1. The van der Waals surface area contributed by atoms with Gasteiger partial charge in [-0.25, -0.2) is 0 Å². The predicted molar refractivity (Wildman–Crippen MR) is 87.7 cm³/mol. The molecule has 0 unspecified atom stereocenters. The zero-order valence-corrected chi connectivity index (χ0v) is 14.0. The topological polar surface area (TPSA) is 39.4 Å². The second kappa shape index (κ2) is 5.25. The Morgan fingerprint density at radius 3 is 3.04 bits per heavy atom. The van der Waals surface area contributed by atoms with Crippen LogP contribution in [0.2, 0.25) is 0 Å². The zero-order chi connectivity index (χ0) is 16.1. The van der Waals surface area contributed by atoms with Crippen molar-refractivity contribution in [3.8, 4) is 0 Å². The molecule has 2 bridgehead atoms. The van der Waals surface area contributed by atoms with Crippen LogP contribution in [0, 0.1) is 22.7 Å². The number of carbonyl (C=O) groups is 1. The highest BCUT2D eigenvalue weighted by atomic mass is 16.5. The van der Waals surface area contributed by atoms with Crippen molar-refractivity contribution in [1.82, 2.24) is 0 Å². The molecule has 1 aliphatic heterocycles. The lowest BCUT2D eigenvalue weighted by atomic mass is 9.45. The third-order valence-corrected chi connectivity index (χ3v) is 6.98. The molecule has 0 spiro atoms. The number of cyclic esters (lactones) is 1. The van der Waals surface area contributed by atoms with Gasteiger partial charge in [0.15, 0.2) is 0 Å². The SMILES string of the molecule is C=C1CC[C@@H]2[C@]3(CCC[C@]2(C)C(=O)OC3)[C@H]1CCc1ccoc1. The fourth-order valence-corrected chi connectivity index (χ4v) is 5.82. The Labute approximate surface area is 138 Å². The van der Waals surface area contributed by atoms with E-state index in [1.54, 1.807) is 6.26 Å². The quantitative estimate of drug-likeness (QED) is 0.608. The van der Waals surface area contributed by atoms with Crippen molar-refractivity contribution in [3.05, 3.63) is 36.3 Å². The molecule has 124 valence electrons. The van der Waals surface area contributed by atoms with Crippen molar-refractivity contribution >= 4 is 5.97 Å². The summed E-state index contributed by atoms with van der Waals surface area (Å²) in [7, 11) is 0. The van der Waals surface area contributed by atoms with Gasteiger partial charge in [0.25, 0.3) is 0 Å². The minimum absolute atomic E-state index is 0.0407. The van der Waals surface area contributed by atoms with Gasteiger partial charge in [-0.15, -0.1) is 0 Å². The Balaban J connectivity index is 1.65. The number of esters is 1. The average molecular weight is 314 g/mol. The molecule has 2 saturated carbocycles. The predicted octanol–water partition coefficient (Wildman–Crippen LogP) is 4.53. The number of furan rings is 1. The van der Waals surface area contributed by atoms with E-state index in [2.05, 4.69) is 13.5 Å². The summed E-state index contributed by atoms with van der Waals surface area (Å²) < 4.78 is 10.9. The van der Waals surface area contributed by atoms with Crippen molar-refractivity contribution in [1.29, 1.82) is 0 Å². The summed E-state index contributed by atoms with van der Waals surface area (Å²) in [5.41, 5.74) is 2.47. The Morgan fingerprint density at radius 1 is 1.39 bits per heavy atom. The molecule has 1 aromatic rings. The van der Waals surface area contributed by atoms with Gasteiger partial charge in [-0.05, 0) is 68.9 Å².